The third-order valence-corrected chi connectivity index (χ3v) is 3.88. The molecule has 1 aliphatic rings. The quantitative estimate of drug-likeness (QED) is 0.797. The maximum atomic E-state index is 12.4. The van der Waals surface area contributed by atoms with E-state index in [-0.39, 0.29) is 17.4 Å². The Morgan fingerprint density at radius 2 is 1.94 bits per heavy atom. The third kappa shape index (κ3) is 4.27. The highest BCUT2D eigenvalue weighted by atomic mass is 16.3. The summed E-state index contributed by atoms with van der Waals surface area (Å²) in [6, 6.07) is 0. The molecule has 0 radical (unpaired) electrons. The van der Waals surface area contributed by atoms with E-state index in [4.69, 9.17) is 0 Å². The zero-order valence-electron chi connectivity index (χ0n) is 12.7. The molecule has 0 bridgehead atoms. The largest absolute Gasteiger partial charge is 0.390 e. The maximum absolute atomic E-state index is 12.4. The highest BCUT2D eigenvalue weighted by molar-refractivity contribution is 5.80. The van der Waals surface area contributed by atoms with E-state index >= 15 is 0 Å². The van der Waals surface area contributed by atoms with Gasteiger partial charge in [0.15, 0.2) is 0 Å². The minimum absolute atomic E-state index is 0.0621. The lowest BCUT2D eigenvalue weighted by Crippen LogP contribution is -2.50. The summed E-state index contributed by atoms with van der Waals surface area (Å²) in [6.45, 7) is 12.2. The van der Waals surface area contributed by atoms with E-state index in [1.54, 1.807) is 0 Å². The Bertz CT molecular complexity index is 302. The first kappa shape index (κ1) is 15.5. The van der Waals surface area contributed by atoms with Gasteiger partial charge in [-0.05, 0) is 58.8 Å². The van der Waals surface area contributed by atoms with Gasteiger partial charge in [-0.2, -0.15) is 0 Å². The molecule has 0 aliphatic heterocycles. The summed E-state index contributed by atoms with van der Waals surface area (Å²) in [6.07, 6.45) is 2.32. The lowest BCUT2D eigenvalue weighted by atomic mass is 9.68. The maximum Gasteiger partial charge on any atom is 0.223 e. The normalized spacial score (nSPS) is 33.6. The van der Waals surface area contributed by atoms with Crippen molar-refractivity contribution in [1.82, 2.24) is 5.32 Å². The average molecular weight is 255 g/mol. The second-order valence-corrected chi connectivity index (χ2v) is 7.49. The summed E-state index contributed by atoms with van der Waals surface area (Å²) >= 11 is 0. The molecule has 3 heteroatoms. The van der Waals surface area contributed by atoms with Gasteiger partial charge in [0.1, 0.15) is 0 Å². The monoisotopic (exact) mass is 255 g/mol. The Balaban J connectivity index is 2.82. The molecule has 0 aromatic carbocycles. The number of aliphatic hydroxyl groups is 1. The highest BCUT2D eigenvalue weighted by Crippen LogP contribution is 2.40. The van der Waals surface area contributed by atoms with E-state index in [1.165, 1.54) is 0 Å². The molecule has 0 spiro atoms. The molecule has 2 N–H and O–H groups in total. The molecule has 0 heterocycles. The van der Waals surface area contributed by atoms with Crippen molar-refractivity contribution < 1.29 is 9.90 Å². The molecule has 3 unspecified atom stereocenters. The molecule has 1 rings (SSSR count). The van der Waals surface area contributed by atoms with Crippen LogP contribution in [0.5, 0.6) is 0 Å². The number of carbonyl (C=O) groups excluding carboxylic acids is 1. The zero-order chi connectivity index (χ0) is 14.1. The lowest BCUT2D eigenvalue weighted by Gasteiger charge is -2.41. The average Bonchev–Trinajstić information content (AvgIpc) is 2.12. The summed E-state index contributed by atoms with van der Waals surface area (Å²) < 4.78 is 0. The van der Waals surface area contributed by atoms with E-state index < -0.39 is 5.60 Å². The summed E-state index contributed by atoms with van der Waals surface area (Å²) in [7, 11) is 0. The standard InChI is InChI=1S/C15H29NO2/c1-10(2)11-7-8-15(6,18)9-12(11)13(17)16-14(3,4)5/h10-12,18H,7-9H2,1-6H3,(H,16,17). The predicted octanol–water partition coefficient (Wildman–Crippen LogP) is 2.72. The van der Waals surface area contributed by atoms with Crippen LogP contribution in [-0.2, 0) is 4.79 Å². The Labute approximate surface area is 111 Å². The number of amides is 1. The van der Waals surface area contributed by atoms with E-state index in [9.17, 15) is 9.90 Å². The van der Waals surface area contributed by atoms with Crippen LogP contribution in [0.4, 0.5) is 0 Å². The van der Waals surface area contributed by atoms with E-state index in [0.717, 1.165) is 12.8 Å². The summed E-state index contributed by atoms with van der Waals surface area (Å²) in [5.41, 5.74) is -0.896. The fourth-order valence-electron chi connectivity index (χ4n) is 2.95. The van der Waals surface area contributed by atoms with Crippen molar-refractivity contribution in [3.05, 3.63) is 0 Å². The van der Waals surface area contributed by atoms with Gasteiger partial charge >= 0.3 is 0 Å². The predicted molar refractivity (Wildman–Crippen MR) is 74.2 cm³/mol. The molecule has 1 saturated carbocycles. The summed E-state index contributed by atoms with van der Waals surface area (Å²) in [5.74, 6) is 0.901. The molecule has 18 heavy (non-hydrogen) atoms. The fourth-order valence-corrected chi connectivity index (χ4v) is 2.95. The van der Waals surface area contributed by atoms with Crippen molar-refractivity contribution in [2.75, 3.05) is 0 Å². The second kappa shape index (κ2) is 5.20. The number of carbonyl (C=O) groups is 1. The van der Waals surface area contributed by atoms with Crippen LogP contribution in [0.3, 0.4) is 0 Å². The van der Waals surface area contributed by atoms with Crippen LogP contribution >= 0.6 is 0 Å². The second-order valence-electron chi connectivity index (χ2n) is 7.49. The van der Waals surface area contributed by atoms with Gasteiger partial charge in [-0.25, -0.2) is 0 Å². The molecule has 1 amide bonds. The van der Waals surface area contributed by atoms with Crippen LogP contribution in [0.25, 0.3) is 0 Å². The van der Waals surface area contributed by atoms with Gasteiger partial charge in [0, 0.05) is 11.5 Å². The summed E-state index contributed by atoms with van der Waals surface area (Å²) in [4.78, 5) is 12.4. The van der Waals surface area contributed by atoms with Crippen LogP contribution in [0.1, 0.15) is 60.8 Å². The van der Waals surface area contributed by atoms with E-state index in [2.05, 4.69) is 19.2 Å². The van der Waals surface area contributed by atoms with Crippen LogP contribution in [-0.4, -0.2) is 22.2 Å². The first-order valence-electron chi connectivity index (χ1n) is 7.06. The fraction of sp³-hybridized carbons (Fsp3) is 0.933. The van der Waals surface area contributed by atoms with Gasteiger partial charge in [-0.1, -0.05) is 13.8 Å². The molecule has 1 aliphatic carbocycles. The van der Waals surface area contributed by atoms with Gasteiger partial charge in [-0.15, -0.1) is 0 Å². The van der Waals surface area contributed by atoms with Crippen molar-refractivity contribution in [3.8, 4) is 0 Å². The Hall–Kier alpha value is -0.570. The van der Waals surface area contributed by atoms with E-state index in [1.807, 2.05) is 27.7 Å². The number of nitrogens with one attached hydrogen (secondary N) is 1. The molecule has 0 saturated heterocycles. The van der Waals surface area contributed by atoms with Gasteiger partial charge < -0.3 is 10.4 Å². The molecular formula is C15H29NO2. The first-order valence-corrected chi connectivity index (χ1v) is 7.06. The Kier molecular flexibility index (Phi) is 4.47. The minimum Gasteiger partial charge on any atom is -0.390 e. The highest BCUT2D eigenvalue weighted by Gasteiger charge is 2.41. The van der Waals surface area contributed by atoms with Crippen molar-refractivity contribution in [3.63, 3.8) is 0 Å². The van der Waals surface area contributed by atoms with Crippen molar-refractivity contribution in [1.29, 1.82) is 0 Å². The van der Waals surface area contributed by atoms with Crippen molar-refractivity contribution in [2.45, 2.75) is 71.9 Å². The van der Waals surface area contributed by atoms with Gasteiger partial charge in [-0.3, -0.25) is 4.79 Å². The summed E-state index contributed by atoms with van der Waals surface area (Å²) in [5, 5.41) is 13.3. The first-order chi connectivity index (χ1) is 8.02. The molecule has 3 nitrogen and oxygen atoms in total. The van der Waals surface area contributed by atoms with Crippen molar-refractivity contribution >= 4 is 5.91 Å². The Morgan fingerprint density at radius 1 is 1.39 bits per heavy atom. The number of hydrogen-bond donors (Lipinski definition) is 2. The molecule has 106 valence electrons. The molecule has 0 aromatic heterocycles. The number of hydrogen-bond acceptors (Lipinski definition) is 2. The molecule has 1 fully saturated rings. The Morgan fingerprint density at radius 3 is 2.39 bits per heavy atom. The minimum atomic E-state index is -0.689. The smallest absolute Gasteiger partial charge is 0.223 e. The van der Waals surface area contributed by atoms with Gasteiger partial charge in [0.05, 0.1) is 5.60 Å². The lowest BCUT2D eigenvalue weighted by molar-refractivity contribution is -0.135. The van der Waals surface area contributed by atoms with Crippen molar-refractivity contribution in [2.24, 2.45) is 17.8 Å². The molecular weight excluding hydrogens is 226 g/mol. The number of rotatable bonds is 2. The van der Waals surface area contributed by atoms with Crippen LogP contribution in [0.2, 0.25) is 0 Å². The van der Waals surface area contributed by atoms with Gasteiger partial charge in [0.2, 0.25) is 5.91 Å². The third-order valence-electron chi connectivity index (χ3n) is 3.88. The molecule has 3 atom stereocenters. The van der Waals surface area contributed by atoms with Crippen LogP contribution < -0.4 is 5.32 Å². The van der Waals surface area contributed by atoms with Crippen LogP contribution in [0, 0.1) is 17.8 Å². The van der Waals surface area contributed by atoms with E-state index in [0.29, 0.717) is 18.3 Å². The SMILES string of the molecule is CC(C)C1CCC(C)(O)CC1C(=O)NC(C)(C)C. The zero-order valence-corrected chi connectivity index (χ0v) is 12.7. The topological polar surface area (TPSA) is 49.3 Å². The molecule has 0 aromatic rings. The van der Waals surface area contributed by atoms with Gasteiger partial charge in [0.25, 0.3) is 0 Å². The van der Waals surface area contributed by atoms with Crippen LogP contribution in [0.15, 0.2) is 0 Å².